The normalized spacial score (nSPS) is 12.3. The summed E-state index contributed by atoms with van der Waals surface area (Å²) in [5.41, 5.74) is 3.97. The van der Waals surface area contributed by atoms with Crippen LogP contribution >= 0.6 is 0 Å². The summed E-state index contributed by atoms with van der Waals surface area (Å²) in [4.78, 5) is 12.9. The van der Waals surface area contributed by atoms with Gasteiger partial charge in [-0.15, -0.1) is 0 Å². The maximum absolute atomic E-state index is 4.86. The highest BCUT2D eigenvalue weighted by atomic mass is 15.3. The Morgan fingerprint density at radius 3 is 2.65 bits per heavy atom. The topological polar surface area (TPSA) is 56.5 Å². The van der Waals surface area contributed by atoms with Crippen LogP contribution in [-0.4, -0.2) is 24.7 Å². The van der Waals surface area contributed by atoms with E-state index in [9.17, 15) is 0 Å². The Bertz CT molecular complexity index is 751. The van der Waals surface area contributed by atoms with Gasteiger partial charge in [0, 0.05) is 23.4 Å². The molecule has 0 amide bonds. The number of hydrogen-bond donors (Lipinski definition) is 0. The minimum atomic E-state index is 0.525. The Morgan fingerprint density at radius 2 is 1.91 bits per heavy atom. The molecule has 0 saturated heterocycles. The van der Waals surface area contributed by atoms with Gasteiger partial charge in [-0.2, -0.15) is 5.10 Å². The van der Waals surface area contributed by atoms with Gasteiger partial charge in [-0.1, -0.05) is 26.3 Å². The van der Waals surface area contributed by atoms with E-state index in [4.69, 9.17) is 4.98 Å². The van der Waals surface area contributed by atoms with Gasteiger partial charge in [0.15, 0.2) is 0 Å². The number of nitrogens with zero attached hydrogens (tertiary/aromatic N) is 5. The fraction of sp³-hybridized carbons (Fsp3) is 0.333. The molecule has 3 heterocycles. The zero-order chi connectivity index (χ0) is 16.1. The maximum atomic E-state index is 4.86. The number of rotatable bonds is 6. The van der Waals surface area contributed by atoms with Crippen molar-refractivity contribution in [1.82, 2.24) is 24.7 Å². The summed E-state index contributed by atoms with van der Waals surface area (Å²) in [5.74, 6) is 0.525. The molecule has 0 fully saturated rings. The quantitative estimate of drug-likeness (QED) is 0.690. The van der Waals surface area contributed by atoms with Crippen LogP contribution in [-0.2, 0) is 0 Å². The van der Waals surface area contributed by atoms with Gasteiger partial charge in [0.25, 0.3) is 0 Å². The van der Waals surface area contributed by atoms with Crippen LogP contribution in [0.2, 0.25) is 0 Å². The highest BCUT2D eigenvalue weighted by molar-refractivity contribution is 5.57. The molecule has 1 unspecified atom stereocenters. The summed E-state index contributed by atoms with van der Waals surface area (Å²) in [6, 6.07) is 6.24. The zero-order valence-electron chi connectivity index (χ0n) is 13.6. The molecular formula is C18H21N5. The van der Waals surface area contributed by atoms with Crippen molar-refractivity contribution in [2.75, 3.05) is 0 Å². The third-order valence-electron chi connectivity index (χ3n) is 4.01. The first-order chi connectivity index (χ1) is 11.3. The third kappa shape index (κ3) is 3.44. The highest BCUT2D eigenvalue weighted by Gasteiger charge is 2.12. The van der Waals surface area contributed by atoms with Crippen molar-refractivity contribution in [3.63, 3.8) is 0 Å². The molecule has 0 spiro atoms. The molecule has 23 heavy (non-hydrogen) atoms. The largest absolute Gasteiger partial charge is 0.252 e. The van der Waals surface area contributed by atoms with Crippen LogP contribution in [0.25, 0.3) is 16.9 Å². The van der Waals surface area contributed by atoms with E-state index in [1.807, 2.05) is 18.5 Å². The molecule has 0 bridgehead atoms. The first kappa shape index (κ1) is 15.3. The molecule has 5 nitrogen and oxygen atoms in total. The summed E-state index contributed by atoms with van der Waals surface area (Å²) in [7, 11) is 0. The second-order valence-electron chi connectivity index (χ2n) is 5.61. The average molecular weight is 307 g/mol. The van der Waals surface area contributed by atoms with Gasteiger partial charge in [0.1, 0.15) is 12.0 Å². The highest BCUT2D eigenvalue weighted by Crippen LogP contribution is 2.26. The number of aromatic nitrogens is 5. The standard InChI is InChI=1S/C18H21N5/c1-3-6-14(4-2)17-7-5-8-18(22-17)15-9-21-23(12-15)16-10-19-13-20-11-16/h5,7-14H,3-4,6H2,1-2H3. The lowest BCUT2D eigenvalue weighted by molar-refractivity contribution is 0.582. The third-order valence-corrected chi connectivity index (χ3v) is 4.01. The summed E-state index contributed by atoms with van der Waals surface area (Å²) >= 11 is 0. The molecule has 0 saturated carbocycles. The van der Waals surface area contributed by atoms with Gasteiger partial charge in [-0.25, -0.2) is 14.6 Å². The monoisotopic (exact) mass is 307 g/mol. The van der Waals surface area contributed by atoms with E-state index in [1.54, 1.807) is 17.1 Å². The average Bonchev–Trinajstić information content (AvgIpc) is 3.11. The Balaban J connectivity index is 1.89. The van der Waals surface area contributed by atoms with Gasteiger partial charge < -0.3 is 0 Å². The maximum Gasteiger partial charge on any atom is 0.115 e. The second kappa shape index (κ2) is 7.13. The molecule has 1 atom stereocenters. The molecule has 0 aliphatic carbocycles. The van der Waals surface area contributed by atoms with Crippen molar-refractivity contribution in [2.45, 2.75) is 39.0 Å². The lowest BCUT2D eigenvalue weighted by Crippen LogP contribution is -2.00. The zero-order valence-corrected chi connectivity index (χ0v) is 13.6. The summed E-state index contributed by atoms with van der Waals surface area (Å²) in [6.07, 6.45) is 12.3. The van der Waals surface area contributed by atoms with E-state index in [0.29, 0.717) is 5.92 Å². The van der Waals surface area contributed by atoms with Crippen LogP contribution in [0.15, 0.2) is 49.3 Å². The van der Waals surface area contributed by atoms with Crippen molar-refractivity contribution in [2.24, 2.45) is 0 Å². The molecule has 3 aromatic heterocycles. The molecule has 0 aliphatic heterocycles. The van der Waals surface area contributed by atoms with Crippen molar-refractivity contribution >= 4 is 0 Å². The smallest absolute Gasteiger partial charge is 0.115 e. The molecule has 3 rings (SSSR count). The molecule has 3 aromatic rings. The van der Waals surface area contributed by atoms with Crippen molar-refractivity contribution in [1.29, 1.82) is 0 Å². The van der Waals surface area contributed by atoms with Crippen LogP contribution in [0.5, 0.6) is 0 Å². The Hall–Kier alpha value is -2.56. The van der Waals surface area contributed by atoms with Crippen molar-refractivity contribution < 1.29 is 0 Å². The van der Waals surface area contributed by atoms with E-state index >= 15 is 0 Å². The molecule has 118 valence electrons. The van der Waals surface area contributed by atoms with E-state index in [0.717, 1.165) is 23.4 Å². The van der Waals surface area contributed by atoms with Crippen molar-refractivity contribution in [3.05, 3.63) is 55.0 Å². The molecule has 0 aliphatic rings. The lowest BCUT2D eigenvalue weighted by atomic mass is 9.96. The molecule has 0 N–H and O–H groups in total. The predicted octanol–water partition coefficient (Wildman–Crippen LogP) is 4.02. The predicted molar refractivity (Wildman–Crippen MR) is 90.3 cm³/mol. The number of pyridine rings is 1. The van der Waals surface area contributed by atoms with Crippen LogP contribution in [0, 0.1) is 0 Å². The van der Waals surface area contributed by atoms with Crippen LogP contribution in [0.1, 0.15) is 44.7 Å². The molecule has 5 heteroatoms. The van der Waals surface area contributed by atoms with Crippen LogP contribution < -0.4 is 0 Å². The summed E-state index contributed by atoms with van der Waals surface area (Å²) in [5, 5.41) is 4.39. The fourth-order valence-electron chi connectivity index (χ4n) is 2.76. The Morgan fingerprint density at radius 1 is 1.09 bits per heavy atom. The van der Waals surface area contributed by atoms with E-state index in [-0.39, 0.29) is 0 Å². The van der Waals surface area contributed by atoms with Gasteiger partial charge in [0.05, 0.1) is 24.3 Å². The van der Waals surface area contributed by atoms with Crippen LogP contribution in [0.3, 0.4) is 0 Å². The summed E-state index contributed by atoms with van der Waals surface area (Å²) in [6.45, 7) is 4.45. The minimum Gasteiger partial charge on any atom is -0.252 e. The lowest BCUT2D eigenvalue weighted by Gasteiger charge is -2.13. The first-order valence-electron chi connectivity index (χ1n) is 8.09. The second-order valence-corrected chi connectivity index (χ2v) is 5.61. The van der Waals surface area contributed by atoms with Gasteiger partial charge >= 0.3 is 0 Å². The molecule has 0 aromatic carbocycles. The van der Waals surface area contributed by atoms with E-state index < -0.39 is 0 Å². The van der Waals surface area contributed by atoms with E-state index in [2.05, 4.69) is 41.0 Å². The van der Waals surface area contributed by atoms with Gasteiger partial charge in [-0.3, -0.25) is 4.98 Å². The number of hydrogen-bond acceptors (Lipinski definition) is 4. The van der Waals surface area contributed by atoms with E-state index in [1.165, 1.54) is 24.9 Å². The Kier molecular flexibility index (Phi) is 4.76. The molecular weight excluding hydrogens is 286 g/mol. The molecule has 0 radical (unpaired) electrons. The fourth-order valence-corrected chi connectivity index (χ4v) is 2.76. The Labute approximate surface area is 136 Å². The SMILES string of the molecule is CCCC(CC)c1cccc(-c2cnn(-c3cncnc3)c2)n1. The minimum absolute atomic E-state index is 0.525. The summed E-state index contributed by atoms with van der Waals surface area (Å²) < 4.78 is 1.77. The van der Waals surface area contributed by atoms with Gasteiger partial charge in [-0.05, 0) is 25.0 Å². The van der Waals surface area contributed by atoms with Crippen molar-refractivity contribution in [3.8, 4) is 16.9 Å². The first-order valence-corrected chi connectivity index (χ1v) is 8.09. The van der Waals surface area contributed by atoms with Gasteiger partial charge in [0.2, 0.25) is 0 Å². The van der Waals surface area contributed by atoms with Crippen LogP contribution in [0.4, 0.5) is 0 Å².